The van der Waals surface area contributed by atoms with Gasteiger partial charge in [0.1, 0.15) is 16.7 Å². The minimum absolute atomic E-state index is 0.00314. The fraction of sp³-hybridized carbons (Fsp3) is 0.0769. The number of rotatable bonds is 2. The standard InChI is InChI=1S/C13H9ClN4O2/c1-20-13(19)12-15-6-9-11(16-12)10(18-17-9)7-2-4-8(14)5-3-7/h2-6H,1H3,(H,17,18). The van der Waals surface area contributed by atoms with Crippen LogP contribution < -0.4 is 0 Å². The van der Waals surface area contributed by atoms with Crippen LogP contribution in [0.15, 0.2) is 30.5 Å². The van der Waals surface area contributed by atoms with Crippen molar-refractivity contribution in [1.82, 2.24) is 20.2 Å². The Labute approximate surface area is 118 Å². The van der Waals surface area contributed by atoms with Crippen molar-refractivity contribution in [3.8, 4) is 11.3 Å². The molecule has 1 N–H and O–H groups in total. The number of benzene rings is 1. The number of halogens is 1. The molecule has 0 spiro atoms. The number of carbonyl (C=O) groups excluding carboxylic acids is 1. The molecule has 3 rings (SSSR count). The van der Waals surface area contributed by atoms with Crippen molar-refractivity contribution in [3.05, 3.63) is 41.3 Å². The Hall–Kier alpha value is -2.47. The van der Waals surface area contributed by atoms with Gasteiger partial charge in [0.15, 0.2) is 0 Å². The quantitative estimate of drug-likeness (QED) is 0.733. The average Bonchev–Trinajstić information content (AvgIpc) is 2.90. The summed E-state index contributed by atoms with van der Waals surface area (Å²) in [5.41, 5.74) is 2.67. The molecule has 0 atom stereocenters. The van der Waals surface area contributed by atoms with Gasteiger partial charge < -0.3 is 4.74 Å². The van der Waals surface area contributed by atoms with E-state index < -0.39 is 5.97 Å². The van der Waals surface area contributed by atoms with Crippen LogP contribution in [0.2, 0.25) is 5.02 Å². The van der Waals surface area contributed by atoms with Gasteiger partial charge in [-0.15, -0.1) is 0 Å². The summed E-state index contributed by atoms with van der Waals surface area (Å²) in [4.78, 5) is 19.6. The molecule has 20 heavy (non-hydrogen) atoms. The molecule has 100 valence electrons. The van der Waals surface area contributed by atoms with Gasteiger partial charge in [0, 0.05) is 10.6 Å². The molecule has 2 aromatic heterocycles. The molecule has 0 bridgehead atoms. The number of nitrogens with zero attached hydrogens (tertiary/aromatic N) is 3. The third kappa shape index (κ3) is 2.10. The normalized spacial score (nSPS) is 10.7. The van der Waals surface area contributed by atoms with E-state index in [9.17, 15) is 4.79 Å². The van der Waals surface area contributed by atoms with E-state index in [1.807, 2.05) is 12.1 Å². The van der Waals surface area contributed by atoms with E-state index in [1.54, 1.807) is 12.1 Å². The molecule has 0 saturated heterocycles. The molecule has 0 aliphatic heterocycles. The number of hydrogen-bond acceptors (Lipinski definition) is 5. The maximum absolute atomic E-state index is 11.5. The summed E-state index contributed by atoms with van der Waals surface area (Å²) >= 11 is 5.86. The van der Waals surface area contributed by atoms with Crippen molar-refractivity contribution >= 4 is 28.6 Å². The summed E-state index contributed by atoms with van der Waals surface area (Å²) in [5, 5.41) is 7.66. The third-order valence-electron chi connectivity index (χ3n) is 2.79. The number of H-pyrrole nitrogens is 1. The topological polar surface area (TPSA) is 80.8 Å². The zero-order valence-electron chi connectivity index (χ0n) is 10.4. The summed E-state index contributed by atoms with van der Waals surface area (Å²) in [7, 11) is 1.28. The highest BCUT2D eigenvalue weighted by atomic mass is 35.5. The maximum atomic E-state index is 11.5. The fourth-order valence-electron chi connectivity index (χ4n) is 1.81. The first-order chi connectivity index (χ1) is 9.69. The van der Waals surface area contributed by atoms with Crippen LogP contribution in [-0.2, 0) is 4.74 Å². The van der Waals surface area contributed by atoms with Gasteiger partial charge in [-0.25, -0.2) is 14.8 Å². The number of esters is 1. The van der Waals surface area contributed by atoms with Crippen molar-refractivity contribution in [2.24, 2.45) is 0 Å². The van der Waals surface area contributed by atoms with Gasteiger partial charge in [-0.05, 0) is 12.1 Å². The molecule has 0 fully saturated rings. The van der Waals surface area contributed by atoms with E-state index >= 15 is 0 Å². The lowest BCUT2D eigenvalue weighted by molar-refractivity contribution is 0.0587. The lowest BCUT2D eigenvalue weighted by atomic mass is 10.1. The van der Waals surface area contributed by atoms with E-state index in [0.717, 1.165) is 5.56 Å². The Morgan fingerprint density at radius 3 is 2.75 bits per heavy atom. The maximum Gasteiger partial charge on any atom is 0.376 e. The number of hydrogen-bond donors (Lipinski definition) is 1. The van der Waals surface area contributed by atoms with Crippen LogP contribution >= 0.6 is 11.6 Å². The van der Waals surface area contributed by atoms with Crippen LogP contribution in [0.3, 0.4) is 0 Å². The zero-order chi connectivity index (χ0) is 14.1. The van der Waals surface area contributed by atoms with Gasteiger partial charge in [0.25, 0.3) is 0 Å². The lowest BCUT2D eigenvalue weighted by Gasteiger charge is -1.99. The Morgan fingerprint density at radius 2 is 2.05 bits per heavy atom. The van der Waals surface area contributed by atoms with Crippen molar-refractivity contribution in [2.45, 2.75) is 0 Å². The zero-order valence-corrected chi connectivity index (χ0v) is 11.2. The Bertz CT molecular complexity index is 783. The molecule has 0 radical (unpaired) electrons. The molecule has 0 saturated carbocycles. The SMILES string of the molecule is COC(=O)c1ncc2[nH]nc(-c3ccc(Cl)cc3)c2n1. The molecular formula is C13H9ClN4O2. The third-order valence-corrected chi connectivity index (χ3v) is 3.04. The summed E-state index contributed by atoms with van der Waals surface area (Å²) in [5.74, 6) is -0.591. The van der Waals surface area contributed by atoms with Gasteiger partial charge in [-0.2, -0.15) is 5.10 Å². The highest BCUT2D eigenvalue weighted by Gasteiger charge is 2.15. The molecule has 1 aromatic carbocycles. The van der Waals surface area contributed by atoms with E-state index in [-0.39, 0.29) is 5.82 Å². The average molecular weight is 289 g/mol. The van der Waals surface area contributed by atoms with Crippen LogP contribution in [-0.4, -0.2) is 33.2 Å². The van der Waals surface area contributed by atoms with Crippen LogP contribution in [0.25, 0.3) is 22.3 Å². The van der Waals surface area contributed by atoms with Crippen molar-refractivity contribution in [3.63, 3.8) is 0 Å². The van der Waals surface area contributed by atoms with Gasteiger partial charge in [-0.1, -0.05) is 23.7 Å². The summed E-state index contributed by atoms with van der Waals surface area (Å²) in [6, 6.07) is 7.19. The van der Waals surface area contributed by atoms with E-state index in [2.05, 4.69) is 24.9 Å². The summed E-state index contributed by atoms with van der Waals surface area (Å²) < 4.78 is 4.61. The van der Waals surface area contributed by atoms with Crippen molar-refractivity contribution < 1.29 is 9.53 Å². The predicted octanol–water partition coefficient (Wildman–Crippen LogP) is 2.46. The van der Waals surface area contributed by atoms with E-state index in [1.165, 1.54) is 13.3 Å². The number of aromatic amines is 1. The number of fused-ring (bicyclic) bond motifs is 1. The number of aromatic nitrogens is 4. The van der Waals surface area contributed by atoms with Crippen LogP contribution in [0.1, 0.15) is 10.6 Å². The van der Waals surface area contributed by atoms with Crippen LogP contribution in [0, 0.1) is 0 Å². The summed E-state index contributed by atoms with van der Waals surface area (Å²) in [6.07, 6.45) is 1.50. The molecule has 0 aliphatic rings. The minimum Gasteiger partial charge on any atom is -0.463 e. The minimum atomic E-state index is -0.588. The number of methoxy groups -OCH3 is 1. The molecule has 6 nitrogen and oxygen atoms in total. The smallest absolute Gasteiger partial charge is 0.376 e. The number of carbonyl (C=O) groups is 1. The fourth-order valence-corrected chi connectivity index (χ4v) is 1.94. The predicted molar refractivity (Wildman–Crippen MR) is 73.5 cm³/mol. The Kier molecular flexibility index (Phi) is 3.08. The molecule has 0 amide bonds. The van der Waals surface area contributed by atoms with Gasteiger partial charge in [0.2, 0.25) is 5.82 Å². The Balaban J connectivity index is 2.16. The number of nitrogens with one attached hydrogen (secondary N) is 1. The van der Waals surface area contributed by atoms with E-state index in [4.69, 9.17) is 11.6 Å². The molecule has 7 heteroatoms. The molecule has 3 aromatic rings. The second-order valence-electron chi connectivity index (χ2n) is 4.03. The first-order valence-corrected chi connectivity index (χ1v) is 6.12. The molecule has 2 heterocycles. The summed E-state index contributed by atoms with van der Waals surface area (Å²) in [6.45, 7) is 0. The highest BCUT2D eigenvalue weighted by Crippen LogP contribution is 2.25. The first-order valence-electron chi connectivity index (χ1n) is 5.74. The van der Waals surface area contributed by atoms with Crippen molar-refractivity contribution in [1.29, 1.82) is 0 Å². The Morgan fingerprint density at radius 1 is 1.30 bits per heavy atom. The molecule has 0 unspecified atom stereocenters. The second kappa shape index (κ2) is 4.90. The van der Waals surface area contributed by atoms with Gasteiger partial charge in [0.05, 0.1) is 13.3 Å². The van der Waals surface area contributed by atoms with Crippen LogP contribution in [0.5, 0.6) is 0 Å². The lowest BCUT2D eigenvalue weighted by Crippen LogP contribution is -2.06. The second-order valence-corrected chi connectivity index (χ2v) is 4.46. The molecular weight excluding hydrogens is 280 g/mol. The van der Waals surface area contributed by atoms with E-state index in [0.29, 0.717) is 21.7 Å². The van der Waals surface area contributed by atoms with Crippen LogP contribution in [0.4, 0.5) is 0 Å². The largest absolute Gasteiger partial charge is 0.463 e. The van der Waals surface area contributed by atoms with Gasteiger partial charge in [-0.3, -0.25) is 5.10 Å². The first kappa shape index (κ1) is 12.6. The highest BCUT2D eigenvalue weighted by molar-refractivity contribution is 6.30. The van der Waals surface area contributed by atoms with Crippen molar-refractivity contribution in [2.75, 3.05) is 7.11 Å². The monoisotopic (exact) mass is 288 g/mol. The molecule has 0 aliphatic carbocycles. The number of ether oxygens (including phenoxy) is 1. The van der Waals surface area contributed by atoms with Gasteiger partial charge >= 0.3 is 5.97 Å².